The average Bonchev–Trinajstić information content (AvgIpc) is 2.79. The Morgan fingerprint density at radius 2 is 2.06 bits per heavy atom. The van der Waals surface area contributed by atoms with E-state index in [0.29, 0.717) is 6.54 Å². The van der Waals surface area contributed by atoms with Gasteiger partial charge in [0.25, 0.3) is 0 Å². The molecule has 2 fully saturated rings. The number of amides is 1. The maximum Gasteiger partial charge on any atom is 0.410 e. The van der Waals surface area contributed by atoms with Crippen LogP contribution in [0.1, 0.15) is 40.0 Å². The second-order valence-electron chi connectivity index (χ2n) is 5.77. The molecule has 4 heteroatoms. The summed E-state index contributed by atoms with van der Waals surface area (Å²) in [5.41, 5.74) is -0.500. The smallest absolute Gasteiger partial charge is 0.410 e. The summed E-state index contributed by atoms with van der Waals surface area (Å²) in [5.74, 6) is 0.0648. The Hall–Kier alpha value is -0.800. The van der Waals surface area contributed by atoms with Crippen LogP contribution in [0.5, 0.6) is 0 Å². The number of alkyl halides is 1. The molecule has 1 unspecified atom stereocenters. The summed E-state index contributed by atoms with van der Waals surface area (Å²) in [6, 6.07) is -0.211. The normalized spacial score (nSPS) is 34.0. The number of likely N-dealkylation sites (tertiary alicyclic amines) is 1. The summed E-state index contributed by atoms with van der Waals surface area (Å²) < 4.78 is 18.8. The van der Waals surface area contributed by atoms with Crippen molar-refractivity contribution in [2.75, 3.05) is 6.54 Å². The summed E-state index contributed by atoms with van der Waals surface area (Å²) in [6.07, 6.45) is 1.70. The van der Waals surface area contributed by atoms with Gasteiger partial charge in [0.05, 0.1) is 6.04 Å². The second kappa shape index (κ2) is 3.90. The lowest BCUT2D eigenvalue weighted by atomic mass is 10.2. The van der Waals surface area contributed by atoms with Crippen LogP contribution in [0.2, 0.25) is 0 Å². The van der Waals surface area contributed by atoms with Gasteiger partial charge < -0.3 is 9.64 Å². The van der Waals surface area contributed by atoms with Gasteiger partial charge in [0.15, 0.2) is 0 Å². The van der Waals surface area contributed by atoms with Crippen LogP contribution in [0.4, 0.5) is 9.18 Å². The van der Waals surface area contributed by atoms with Crippen LogP contribution in [-0.4, -0.2) is 35.4 Å². The molecule has 0 radical (unpaired) electrons. The summed E-state index contributed by atoms with van der Waals surface area (Å²) in [4.78, 5) is 13.5. The minimum Gasteiger partial charge on any atom is -0.444 e. The van der Waals surface area contributed by atoms with Gasteiger partial charge in [-0.25, -0.2) is 9.18 Å². The number of ether oxygens (including phenoxy) is 1. The SMILES string of the molecule is CC(C)(C)OC(=O)N1CCCC[C@@H]2C1[C@H]2F. The van der Waals surface area contributed by atoms with Crippen molar-refractivity contribution in [1.29, 1.82) is 0 Å². The van der Waals surface area contributed by atoms with Crippen LogP contribution in [0.3, 0.4) is 0 Å². The number of nitrogens with zero attached hydrogens (tertiary/aromatic N) is 1. The lowest BCUT2D eigenvalue weighted by Gasteiger charge is -2.26. The zero-order valence-electron chi connectivity index (χ0n) is 10.2. The highest BCUT2D eigenvalue weighted by molar-refractivity contribution is 5.69. The lowest BCUT2D eigenvalue weighted by Crippen LogP contribution is -2.39. The first-order chi connectivity index (χ1) is 7.40. The van der Waals surface area contributed by atoms with E-state index in [-0.39, 0.29) is 18.1 Å². The van der Waals surface area contributed by atoms with Crippen molar-refractivity contribution in [3.8, 4) is 0 Å². The number of carbonyl (C=O) groups excluding carboxylic acids is 1. The van der Waals surface area contributed by atoms with Crippen LogP contribution in [0.15, 0.2) is 0 Å². The first-order valence-corrected chi connectivity index (χ1v) is 6.04. The predicted molar refractivity (Wildman–Crippen MR) is 59.0 cm³/mol. The molecular formula is C12H20FNO2. The zero-order chi connectivity index (χ0) is 11.9. The van der Waals surface area contributed by atoms with Crippen LogP contribution < -0.4 is 0 Å². The fourth-order valence-electron chi connectivity index (χ4n) is 2.39. The van der Waals surface area contributed by atoms with E-state index < -0.39 is 11.8 Å². The summed E-state index contributed by atoms with van der Waals surface area (Å²) in [7, 11) is 0. The zero-order valence-corrected chi connectivity index (χ0v) is 10.2. The summed E-state index contributed by atoms with van der Waals surface area (Å²) >= 11 is 0. The van der Waals surface area contributed by atoms with Crippen molar-refractivity contribution in [3.05, 3.63) is 0 Å². The van der Waals surface area contributed by atoms with Crippen molar-refractivity contribution in [2.45, 2.75) is 57.8 Å². The van der Waals surface area contributed by atoms with E-state index >= 15 is 0 Å². The molecule has 1 heterocycles. The van der Waals surface area contributed by atoms with Crippen LogP contribution in [-0.2, 0) is 4.74 Å². The largest absolute Gasteiger partial charge is 0.444 e. The molecule has 92 valence electrons. The summed E-state index contributed by atoms with van der Waals surface area (Å²) in [6.45, 7) is 6.14. The van der Waals surface area contributed by atoms with Gasteiger partial charge in [-0.05, 0) is 33.6 Å². The minimum absolute atomic E-state index is 0.0648. The third kappa shape index (κ3) is 2.30. The van der Waals surface area contributed by atoms with Gasteiger partial charge in [-0.3, -0.25) is 0 Å². The monoisotopic (exact) mass is 229 g/mol. The molecule has 3 atom stereocenters. The van der Waals surface area contributed by atoms with Gasteiger partial charge in [0.1, 0.15) is 11.8 Å². The highest BCUT2D eigenvalue weighted by Gasteiger charge is 2.56. The van der Waals surface area contributed by atoms with Crippen LogP contribution in [0, 0.1) is 5.92 Å². The van der Waals surface area contributed by atoms with E-state index in [0.717, 1.165) is 19.3 Å². The van der Waals surface area contributed by atoms with Gasteiger partial charge >= 0.3 is 6.09 Å². The molecule has 0 aromatic carbocycles. The molecule has 0 bridgehead atoms. The van der Waals surface area contributed by atoms with Crippen molar-refractivity contribution in [3.63, 3.8) is 0 Å². The fourth-order valence-corrected chi connectivity index (χ4v) is 2.39. The van der Waals surface area contributed by atoms with Crippen molar-refractivity contribution < 1.29 is 13.9 Å². The Bertz CT molecular complexity index is 287. The van der Waals surface area contributed by atoms with Gasteiger partial charge in [0.2, 0.25) is 0 Å². The molecule has 1 aliphatic heterocycles. The number of hydrogen-bond acceptors (Lipinski definition) is 2. The molecule has 1 saturated carbocycles. The van der Waals surface area contributed by atoms with E-state index in [4.69, 9.17) is 4.74 Å². The number of fused-ring (bicyclic) bond motifs is 1. The van der Waals surface area contributed by atoms with Gasteiger partial charge in [-0.2, -0.15) is 0 Å². The Labute approximate surface area is 95.9 Å². The predicted octanol–water partition coefficient (Wildman–Crippen LogP) is 2.74. The first-order valence-electron chi connectivity index (χ1n) is 6.04. The van der Waals surface area contributed by atoms with E-state index in [1.54, 1.807) is 4.90 Å². The van der Waals surface area contributed by atoms with Crippen molar-refractivity contribution in [2.24, 2.45) is 5.92 Å². The molecule has 0 aromatic rings. The van der Waals surface area contributed by atoms with Gasteiger partial charge in [0, 0.05) is 12.5 Å². The molecule has 1 aliphatic carbocycles. The molecule has 1 saturated heterocycles. The number of halogens is 1. The standard InChI is InChI=1S/C12H20FNO2/c1-12(2,3)16-11(15)14-7-5-4-6-8-9(13)10(8)14/h8-10H,4-7H2,1-3H3/t8-,9-,10?/m0/s1. The molecule has 3 nitrogen and oxygen atoms in total. The molecule has 0 spiro atoms. The Kier molecular flexibility index (Phi) is 2.84. The highest BCUT2D eigenvalue weighted by atomic mass is 19.1. The third-order valence-corrected chi connectivity index (χ3v) is 3.21. The molecule has 0 N–H and O–H groups in total. The summed E-state index contributed by atoms with van der Waals surface area (Å²) in [5, 5.41) is 0. The van der Waals surface area contributed by atoms with Crippen LogP contribution in [0.25, 0.3) is 0 Å². The molecule has 0 aromatic heterocycles. The fraction of sp³-hybridized carbons (Fsp3) is 0.917. The van der Waals surface area contributed by atoms with Crippen molar-refractivity contribution in [1.82, 2.24) is 4.90 Å². The molecule has 2 rings (SSSR count). The number of rotatable bonds is 0. The second-order valence-corrected chi connectivity index (χ2v) is 5.77. The van der Waals surface area contributed by atoms with E-state index in [1.165, 1.54) is 0 Å². The van der Waals surface area contributed by atoms with Crippen molar-refractivity contribution >= 4 is 6.09 Å². The minimum atomic E-state index is -0.826. The topological polar surface area (TPSA) is 29.5 Å². The Balaban J connectivity index is 1.99. The quantitative estimate of drug-likeness (QED) is 0.639. The third-order valence-electron chi connectivity index (χ3n) is 3.21. The van der Waals surface area contributed by atoms with E-state index in [9.17, 15) is 9.18 Å². The Morgan fingerprint density at radius 1 is 1.38 bits per heavy atom. The van der Waals surface area contributed by atoms with Crippen LogP contribution >= 0.6 is 0 Å². The molecular weight excluding hydrogens is 209 g/mol. The lowest BCUT2D eigenvalue weighted by molar-refractivity contribution is 0.0217. The Morgan fingerprint density at radius 3 is 2.69 bits per heavy atom. The maximum absolute atomic E-state index is 13.5. The molecule has 2 aliphatic rings. The highest BCUT2D eigenvalue weighted by Crippen LogP contribution is 2.45. The number of hydrogen-bond donors (Lipinski definition) is 0. The maximum atomic E-state index is 13.5. The molecule has 16 heavy (non-hydrogen) atoms. The number of carbonyl (C=O) groups is 1. The molecule has 1 amide bonds. The average molecular weight is 229 g/mol. The van der Waals surface area contributed by atoms with E-state index in [1.807, 2.05) is 20.8 Å². The van der Waals surface area contributed by atoms with Gasteiger partial charge in [-0.15, -0.1) is 0 Å². The van der Waals surface area contributed by atoms with Gasteiger partial charge in [-0.1, -0.05) is 6.42 Å². The first kappa shape index (κ1) is 11.7. The van der Waals surface area contributed by atoms with E-state index in [2.05, 4.69) is 0 Å².